The number of nitrogens with zero attached hydrogens (tertiary/aromatic N) is 2. The highest BCUT2D eigenvalue weighted by Gasteiger charge is 2.03. The molecule has 0 aliphatic heterocycles. The van der Waals surface area contributed by atoms with Gasteiger partial charge in [0.15, 0.2) is 0 Å². The van der Waals surface area contributed by atoms with Gasteiger partial charge < -0.3 is 15.6 Å². The third kappa shape index (κ3) is 3.59. The van der Waals surface area contributed by atoms with Crippen LogP contribution in [0, 0.1) is 5.92 Å². The van der Waals surface area contributed by atoms with E-state index >= 15 is 0 Å². The number of nitrogens with two attached hydrogens (primary N) is 1. The number of amides is 2. The molecule has 0 bridgehead atoms. The molecule has 1 rings (SSSR count). The van der Waals surface area contributed by atoms with Gasteiger partial charge in [0.05, 0.1) is 6.33 Å². The smallest absolute Gasteiger partial charge is 0.312 e. The van der Waals surface area contributed by atoms with E-state index < -0.39 is 6.03 Å². The second-order valence-corrected chi connectivity index (χ2v) is 3.11. The minimum absolute atomic E-state index is 0.349. The van der Waals surface area contributed by atoms with Crippen LogP contribution in [0.2, 0.25) is 0 Å². The van der Waals surface area contributed by atoms with Crippen LogP contribution in [0.4, 0.5) is 4.79 Å². The summed E-state index contributed by atoms with van der Waals surface area (Å²) >= 11 is 0. The zero-order valence-corrected chi connectivity index (χ0v) is 7.60. The third-order valence-electron chi connectivity index (χ3n) is 1.71. The van der Waals surface area contributed by atoms with E-state index in [1.54, 1.807) is 12.5 Å². The maximum absolute atomic E-state index is 10.4. The summed E-state index contributed by atoms with van der Waals surface area (Å²) in [5, 5.41) is 2.56. The van der Waals surface area contributed by atoms with E-state index in [0.717, 1.165) is 6.54 Å². The van der Waals surface area contributed by atoms with Crippen LogP contribution >= 0.6 is 0 Å². The van der Waals surface area contributed by atoms with Gasteiger partial charge in [-0.15, -0.1) is 0 Å². The van der Waals surface area contributed by atoms with Gasteiger partial charge in [-0.2, -0.15) is 0 Å². The molecule has 0 spiro atoms. The van der Waals surface area contributed by atoms with Crippen molar-refractivity contribution in [2.75, 3.05) is 6.54 Å². The zero-order valence-electron chi connectivity index (χ0n) is 7.60. The molecule has 0 saturated heterocycles. The molecule has 0 aliphatic carbocycles. The molecular weight excluding hydrogens is 168 g/mol. The Morgan fingerprint density at radius 3 is 3.08 bits per heavy atom. The Balaban J connectivity index is 2.25. The first-order valence-corrected chi connectivity index (χ1v) is 4.17. The Bertz CT molecular complexity index is 257. The first-order valence-electron chi connectivity index (χ1n) is 4.17. The van der Waals surface area contributed by atoms with E-state index in [1.165, 1.54) is 0 Å². The fourth-order valence-corrected chi connectivity index (χ4v) is 1.09. The van der Waals surface area contributed by atoms with Crippen molar-refractivity contribution in [3.8, 4) is 0 Å². The van der Waals surface area contributed by atoms with Crippen molar-refractivity contribution in [2.45, 2.75) is 13.5 Å². The van der Waals surface area contributed by atoms with Crippen molar-refractivity contribution in [2.24, 2.45) is 11.7 Å². The molecular formula is C8H14N4O. The molecule has 0 radical (unpaired) electrons. The van der Waals surface area contributed by atoms with E-state index in [9.17, 15) is 4.79 Å². The quantitative estimate of drug-likeness (QED) is 0.697. The Morgan fingerprint density at radius 2 is 2.54 bits per heavy atom. The molecule has 5 heteroatoms. The fourth-order valence-electron chi connectivity index (χ4n) is 1.09. The fraction of sp³-hybridized carbons (Fsp3) is 0.500. The van der Waals surface area contributed by atoms with Crippen LogP contribution in [-0.4, -0.2) is 22.1 Å². The molecule has 72 valence electrons. The molecule has 2 amide bonds. The molecule has 1 aromatic rings. The highest BCUT2D eigenvalue weighted by molar-refractivity contribution is 5.71. The van der Waals surface area contributed by atoms with Gasteiger partial charge in [0.25, 0.3) is 0 Å². The molecule has 1 heterocycles. The van der Waals surface area contributed by atoms with Gasteiger partial charge in [-0.1, -0.05) is 6.92 Å². The lowest BCUT2D eigenvalue weighted by molar-refractivity contribution is 0.246. The zero-order chi connectivity index (χ0) is 9.68. The molecule has 3 N–H and O–H groups in total. The number of hydrogen-bond donors (Lipinski definition) is 2. The maximum atomic E-state index is 10.4. The number of carbonyl (C=O) groups is 1. The molecule has 5 nitrogen and oxygen atoms in total. The summed E-state index contributed by atoms with van der Waals surface area (Å²) in [6, 6.07) is -0.475. The molecule has 13 heavy (non-hydrogen) atoms. The highest BCUT2D eigenvalue weighted by Crippen LogP contribution is 1.97. The average molecular weight is 182 g/mol. The largest absolute Gasteiger partial charge is 0.352 e. The second kappa shape index (κ2) is 4.49. The number of carbonyl (C=O) groups excluding carboxylic acids is 1. The third-order valence-corrected chi connectivity index (χ3v) is 1.71. The maximum Gasteiger partial charge on any atom is 0.312 e. The van der Waals surface area contributed by atoms with Crippen LogP contribution in [0.5, 0.6) is 0 Å². The lowest BCUT2D eigenvalue weighted by atomic mass is 10.2. The highest BCUT2D eigenvalue weighted by atomic mass is 16.2. The SMILES string of the molecule is CC(CNC(N)=O)Cn1ccnc1. The first kappa shape index (κ1) is 9.57. The van der Waals surface area contributed by atoms with E-state index in [2.05, 4.69) is 10.3 Å². The van der Waals surface area contributed by atoms with Gasteiger partial charge in [-0.25, -0.2) is 9.78 Å². The summed E-state index contributed by atoms with van der Waals surface area (Å²) in [6.07, 6.45) is 5.37. The monoisotopic (exact) mass is 182 g/mol. The van der Waals surface area contributed by atoms with Crippen molar-refractivity contribution < 1.29 is 4.79 Å². The Kier molecular flexibility index (Phi) is 3.31. The number of primary amides is 1. The van der Waals surface area contributed by atoms with Gasteiger partial charge in [-0.3, -0.25) is 0 Å². The van der Waals surface area contributed by atoms with Crippen molar-refractivity contribution in [3.63, 3.8) is 0 Å². The Morgan fingerprint density at radius 1 is 1.77 bits per heavy atom. The molecule has 0 aliphatic rings. The molecule has 1 aromatic heterocycles. The van der Waals surface area contributed by atoms with Crippen molar-refractivity contribution in [3.05, 3.63) is 18.7 Å². The van der Waals surface area contributed by atoms with Gasteiger partial charge in [0, 0.05) is 25.5 Å². The minimum atomic E-state index is -0.475. The van der Waals surface area contributed by atoms with Crippen molar-refractivity contribution >= 4 is 6.03 Å². The predicted octanol–water partition coefficient (Wildman–Crippen LogP) is 0.187. The van der Waals surface area contributed by atoms with E-state index in [4.69, 9.17) is 5.73 Å². The summed E-state index contributed by atoms with van der Waals surface area (Å²) in [5.74, 6) is 0.349. The standard InChI is InChI=1S/C8H14N4O/c1-7(4-11-8(9)13)5-12-3-2-10-6-12/h2-3,6-7H,4-5H2,1H3,(H3,9,11,13). The normalized spacial score (nSPS) is 12.4. The molecule has 1 atom stereocenters. The van der Waals surface area contributed by atoms with Crippen LogP contribution in [0.25, 0.3) is 0 Å². The Hall–Kier alpha value is -1.52. The molecule has 1 unspecified atom stereocenters. The van der Waals surface area contributed by atoms with Crippen molar-refractivity contribution in [1.29, 1.82) is 0 Å². The van der Waals surface area contributed by atoms with Crippen LogP contribution in [-0.2, 0) is 6.54 Å². The predicted molar refractivity (Wildman–Crippen MR) is 49.0 cm³/mol. The number of aromatic nitrogens is 2. The van der Waals surface area contributed by atoms with Crippen LogP contribution in [0.15, 0.2) is 18.7 Å². The molecule has 0 fully saturated rings. The first-order chi connectivity index (χ1) is 6.18. The van der Waals surface area contributed by atoms with Crippen molar-refractivity contribution in [1.82, 2.24) is 14.9 Å². The number of nitrogens with one attached hydrogen (secondary N) is 1. The summed E-state index contributed by atoms with van der Waals surface area (Å²) in [4.78, 5) is 14.3. The van der Waals surface area contributed by atoms with Gasteiger partial charge in [0.1, 0.15) is 0 Å². The summed E-state index contributed by atoms with van der Waals surface area (Å²) in [5.41, 5.74) is 4.94. The summed E-state index contributed by atoms with van der Waals surface area (Å²) in [6.45, 7) is 3.46. The second-order valence-electron chi connectivity index (χ2n) is 3.11. The Labute approximate surface area is 76.9 Å². The molecule has 0 aromatic carbocycles. The number of urea groups is 1. The topological polar surface area (TPSA) is 72.9 Å². The van der Waals surface area contributed by atoms with E-state index in [0.29, 0.717) is 12.5 Å². The lowest BCUT2D eigenvalue weighted by Gasteiger charge is -2.11. The number of hydrogen-bond acceptors (Lipinski definition) is 2. The van der Waals surface area contributed by atoms with Crippen LogP contribution in [0.1, 0.15) is 6.92 Å². The summed E-state index contributed by atoms with van der Waals surface area (Å²) in [7, 11) is 0. The minimum Gasteiger partial charge on any atom is -0.352 e. The van der Waals surface area contributed by atoms with Crippen LogP contribution in [0.3, 0.4) is 0 Å². The average Bonchev–Trinajstić information content (AvgIpc) is 2.53. The van der Waals surface area contributed by atoms with E-state index in [1.807, 2.05) is 17.7 Å². The summed E-state index contributed by atoms with van der Waals surface area (Å²) < 4.78 is 1.97. The molecule has 0 saturated carbocycles. The van der Waals surface area contributed by atoms with Gasteiger partial charge >= 0.3 is 6.03 Å². The number of rotatable bonds is 4. The lowest BCUT2D eigenvalue weighted by Crippen LogP contribution is -2.33. The van der Waals surface area contributed by atoms with E-state index in [-0.39, 0.29) is 0 Å². The number of imidazole rings is 1. The van der Waals surface area contributed by atoms with Gasteiger partial charge in [0.2, 0.25) is 0 Å². The van der Waals surface area contributed by atoms with Crippen LogP contribution < -0.4 is 11.1 Å². The van der Waals surface area contributed by atoms with Gasteiger partial charge in [-0.05, 0) is 5.92 Å².